The molecule has 1 unspecified atom stereocenters. The fraction of sp³-hybridized carbons (Fsp3) is 1.00. The Balaban J connectivity index is 0. The van der Waals surface area contributed by atoms with Crippen LogP contribution in [0.5, 0.6) is 0 Å². The molecule has 0 aliphatic heterocycles. The number of hydrogen-bond donors (Lipinski definition) is 2. The Bertz CT molecular complexity index is 206. The first-order valence-electron chi connectivity index (χ1n) is 5.47. The van der Waals surface area contributed by atoms with Crippen molar-refractivity contribution in [3.63, 3.8) is 0 Å². The second-order valence-electron chi connectivity index (χ2n) is 4.04. The molecule has 0 bridgehead atoms. The van der Waals surface area contributed by atoms with E-state index in [0.29, 0.717) is 0 Å². The summed E-state index contributed by atoms with van der Waals surface area (Å²) in [5, 5.41) is 0. The van der Waals surface area contributed by atoms with Gasteiger partial charge < -0.3 is 0 Å². The normalized spacial score (nSPS) is 12.9. The molecule has 6 heteroatoms. The van der Waals surface area contributed by atoms with E-state index in [9.17, 15) is 0 Å². The summed E-state index contributed by atoms with van der Waals surface area (Å²) >= 11 is 1.39. The summed E-state index contributed by atoms with van der Waals surface area (Å²) in [5.41, 5.74) is 0. The summed E-state index contributed by atoms with van der Waals surface area (Å²) in [5.74, 6) is 0. The molecule has 0 radical (unpaired) electrons. The largest absolute Gasteiger partial charge is 0.394 e. The van der Waals surface area contributed by atoms with Gasteiger partial charge in [0.2, 0.25) is 0 Å². The molecule has 0 aromatic rings. The molecule has 15 heavy (non-hydrogen) atoms. The van der Waals surface area contributed by atoms with Gasteiger partial charge >= 0.3 is 93.9 Å². The first kappa shape index (κ1) is 18.2. The molecule has 88 valence electrons. The summed E-state index contributed by atoms with van der Waals surface area (Å²) in [6, 6.07) is 0. The summed E-state index contributed by atoms with van der Waals surface area (Å²) < 4.78 is 32.6. The van der Waals surface area contributed by atoms with Crippen LogP contribution in [-0.4, -0.2) is 45.5 Å². The molecule has 0 rings (SSSR count). The van der Waals surface area contributed by atoms with E-state index in [-0.39, 0.29) is 0 Å². The third kappa shape index (κ3) is 39.8. The van der Waals surface area contributed by atoms with Crippen molar-refractivity contribution >= 4 is 38.3 Å². The van der Waals surface area contributed by atoms with Crippen molar-refractivity contribution in [1.82, 2.24) is 0 Å². The maximum Gasteiger partial charge on any atom is 0.394 e. The van der Waals surface area contributed by atoms with Gasteiger partial charge in [-0.05, 0) is 0 Å². The molecule has 0 fully saturated rings. The van der Waals surface area contributed by atoms with Gasteiger partial charge in [0.15, 0.2) is 0 Å². The second-order valence-corrected chi connectivity index (χ2v) is 6.91. The average Bonchev–Trinajstić information content (AvgIpc) is 2.00. The quantitative estimate of drug-likeness (QED) is 0.430. The first-order chi connectivity index (χ1) is 6.77. The molecule has 0 amide bonds. The molecule has 2 N–H and O–H groups in total. The van der Waals surface area contributed by atoms with Crippen LogP contribution in [0.25, 0.3) is 0 Å². The van der Waals surface area contributed by atoms with E-state index in [1.54, 1.807) is 0 Å². The standard InChI is InChI=1S/C9H19.Na.H2O4S/c1-3-5-7-9-8-6-4-2;;1-5(2,3)4/h3H,4-9H2,1-2H3;;(H2,1,2,3,4). The molecule has 0 saturated carbocycles. The van der Waals surface area contributed by atoms with Gasteiger partial charge in [-0.25, -0.2) is 0 Å². The van der Waals surface area contributed by atoms with Crippen molar-refractivity contribution in [3.8, 4) is 0 Å². The predicted molar refractivity (Wildman–Crippen MR) is 62.7 cm³/mol. The summed E-state index contributed by atoms with van der Waals surface area (Å²) in [6.07, 6.45) is 8.71. The van der Waals surface area contributed by atoms with Gasteiger partial charge in [-0.15, -0.1) is 0 Å². The molecule has 0 spiro atoms. The molecular weight excluding hydrogens is 227 g/mol. The molecule has 4 nitrogen and oxygen atoms in total. The molecule has 0 aromatic heterocycles. The zero-order chi connectivity index (χ0) is 12.3. The number of hydrogen-bond acceptors (Lipinski definition) is 2. The maximum atomic E-state index is 8.74. The van der Waals surface area contributed by atoms with Gasteiger partial charge in [0, 0.05) is 0 Å². The Labute approximate surface area is 111 Å². The van der Waals surface area contributed by atoms with Gasteiger partial charge in [-0.3, -0.25) is 9.11 Å². The van der Waals surface area contributed by atoms with Crippen LogP contribution in [0.3, 0.4) is 0 Å². The summed E-state index contributed by atoms with van der Waals surface area (Å²) in [4.78, 5) is 0. The van der Waals surface area contributed by atoms with E-state index >= 15 is 0 Å². The van der Waals surface area contributed by atoms with Crippen molar-refractivity contribution in [2.24, 2.45) is 0 Å². The van der Waals surface area contributed by atoms with Crippen molar-refractivity contribution in [3.05, 3.63) is 0 Å². The van der Waals surface area contributed by atoms with Crippen LogP contribution in [0.15, 0.2) is 0 Å². The molecule has 1 atom stereocenters. The Morgan fingerprint density at radius 2 is 1.53 bits per heavy atom. The molecule has 0 aromatic carbocycles. The van der Waals surface area contributed by atoms with Gasteiger partial charge in [0.1, 0.15) is 0 Å². The predicted octanol–water partition coefficient (Wildman–Crippen LogP) is 2.67. The fourth-order valence-corrected chi connectivity index (χ4v) is 1.56. The van der Waals surface area contributed by atoms with Gasteiger partial charge in [0.25, 0.3) is 0 Å². The van der Waals surface area contributed by atoms with Crippen LogP contribution in [0, 0.1) is 0 Å². The first-order valence-corrected chi connectivity index (χ1v) is 8.02. The molecule has 0 aliphatic carbocycles. The van der Waals surface area contributed by atoms with Crippen LogP contribution in [-0.2, 0) is 10.4 Å². The SMILES string of the molecule is CCCCCCC[CH](C)[Na].O=S(=O)(O)O. The monoisotopic (exact) mass is 248 g/mol. The van der Waals surface area contributed by atoms with Crippen molar-refractivity contribution < 1.29 is 17.5 Å². The Kier molecular flexibility index (Phi) is 13.8. The topological polar surface area (TPSA) is 74.6 Å². The van der Waals surface area contributed by atoms with E-state index < -0.39 is 10.4 Å². The third-order valence-electron chi connectivity index (χ3n) is 1.89. The van der Waals surface area contributed by atoms with Gasteiger partial charge in [-0.2, -0.15) is 8.42 Å². The zero-order valence-corrected chi connectivity index (χ0v) is 12.8. The molecule has 0 aliphatic rings. The fourth-order valence-electron chi connectivity index (χ4n) is 1.16. The Morgan fingerprint density at radius 3 is 1.87 bits per heavy atom. The van der Waals surface area contributed by atoms with E-state index in [2.05, 4.69) is 13.8 Å². The minimum atomic E-state index is -4.67. The maximum absolute atomic E-state index is 8.74. The van der Waals surface area contributed by atoms with Crippen molar-refractivity contribution in [2.45, 2.75) is 55.5 Å². The third-order valence-corrected chi connectivity index (χ3v) is 2.46. The van der Waals surface area contributed by atoms with Crippen LogP contribution in [0.4, 0.5) is 0 Å². The molecular formula is C9H21NaO4S. The van der Waals surface area contributed by atoms with E-state index in [1.165, 1.54) is 66.5 Å². The van der Waals surface area contributed by atoms with Crippen molar-refractivity contribution in [1.29, 1.82) is 0 Å². The van der Waals surface area contributed by atoms with E-state index in [4.69, 9.17) is 17.5 Å². The summed E-state index contributed by atoms with van der Waals surface area (Å²) in [6.45, 7) is 4.64. The minimum absolute atomic E-state index is 1.04. The molecule has 0 saturated heterocycles. The van der Waals surface area contributed by atoms with Crippen LogP contribution in [0.2, 0.25) is 3.17 Å². The van der Waals surface area contributed by atoms with Gasteiger partial charge in [-0.1, -0.05) is 0 Å². The van der Waals surface area contributed by atoms with E-state index in [0.717, 1.165) is 3.17 Å². The minimum Gasteiger partial charge on any atom is -0.264 e. The van der Waals surface area contributed by atoms with Crippen LogP contribution < -0.4 is 0 Å². The summed E-state index contributed by atoms with van der Waals surface area (Å²) in [7, 11) is -4.67. The second kappa shape index (κ2) is 11.4. The smallest absolute Gasteiger partial charge is 0.264 e. The number of rotatable bonds is 6. The zero-order valence-electron chi connectivity index (χ0n) is 9.94. The van der Waals surface area contributed by atoms with Gasteiger partial charge in [0.05, 0.1) is 0 Å². The average molecular weight is 248 g/mol. The van der Waals surface area contributed by atoms with Crippen LogP contribution in [0.1, 0.15) is 52.4 Å². The van der Waals surface area contributed by atoms with Crippen LogP contribution >= 0.6 is 0 Å². The van der Waals surface area contributed by atoms with Crippen molar-refractivity contribution in [2.75, 3.05) is 0 Å². The van der Waals surface area contributed by atoms with E-state index in [1.807, 2.05) is 0 Å². The Morgan fingerprint density at radius 1 is 1.13 bits per heavy atom. The Hall–Kier alpha value is 0.870. The number of unbranched alkanes of at least 4 members (excludes halogenated alkanes) is 4. The molecule has 0 heterocycles.